The van der Waals surface area contributed by atoms with E-state index >= 15 is 0 Å². The Bertz CT molecular complexity index is 386. The normalized spacial score (nSPS) is 14.7. The second kappa shape index (κ2) is 5.57. The van der Waals surface area contributed by atoms with Crippen molar-refractivity contribution in [1.29, 1.82) is 0 Å². The molecule has 0 aromatic heterocycles. The molecule has 0 bridgehead atoms. The van der Waals surface area contributed by atoms with Crippen molar-refractivity contribution < 1.29 is 4.74 Å². The molecule has 1 aromatic rings. The Hall–Kier alpha value is -1.71. The predicted molar refractivity (Wildman–Crippen MR) is 69.6 cm³/mol. The van der Waals surface area contributed by atoms with Gasteiger partial charge in [0.1, 0.15) is 5.75 Å². The van der Waals surface area contributed by atoms with Crippen LogP contribution in [0.4, 0.5) is 0 Å². The Balaban J connectivity index is 1.77. The maximum absolute atomic E-state index is 5.13. The summed E-state index contributed by atoms with van der Waals surface area (Å²) >= 11 is 0. The summed E-state index contributed by atoms with van der Waals surface area (Å²) in [7, 11) is 3.75. The van der Waals surface area contributed by atoms with Crippen molar-refractivity contribution in [2.75, 3.05) is 33.8 Å². The molecule has 0 amide bonds. The van der Waals surface area contributed by atoms with Gasteiger partial charge >= 0.3 is 0 Å². The molecule has 4 nitrogen and oxygen atoms in total. The maximum Gasteiger partial charge on any atom is 0.193 e. The van der Waals surface area contributed by atoms with Crippen LogP contribution in [-0.2, 0) is 6.42 Å². The van der Waals surface area contributed by atoms with E-state index in [1.54, 1.807) is 7.11 Å². The van der Waals surface area contributed by atoms with Crippen LogP contribution in [0.2, 0.25) is 0 Å². The Kier molecular flexibility index (Phi) is 3.85. The SMILES string of the molecule is COc1ccc(CCNC2=NCCN2C)cc1. The molecule has 2 rings (SSSR count). The molecule has 17 heavy (non-hydrogen) atoms. The van der Waals surface area contributed by atoms with Crippen molar-refractivity contribution in [2.24, 2.45) is 4.99 Å². The summed E-state index contributed by atoms with van der Waals surface area (Å²) in [5, 5.41) is 3.35. The quantitative estimate of drug-likeness (QED) is 0.847. The third-order valence-electron chi connectivity index (χ3n) is 2.91. The Labute approximate surface area is 102 Å². The summed E-state index contributed by atoms with van der Waals surface area (Å²) in [5.74, 6) is 1.92. The number of rotatable bonds is 4. The lowest BCUT2D eigenvalue weighted by atomic mass is 10.1. The number of nitrogens with one attached hydrogen (secondary N) is 1. The van der Waals surface area contributed by atoms with E-state index in [0.717, 1.165) is 37.8 Å². The molecule has 1 N–H and O–H groups in total. The standard InChI is InChI=1S/C13H19N3O/c1-16-10-9-15-13(16)14-8-7-11-3-5-12(17-2)6-4-11/h3-6H,7-10H2,1-2H3,(H,14,15). The number of hydrogen-bond acceptors (Lipinski definition) is 4. The lowest BCUT2D eigenvalue weighted by molar-refractivity contribution is 0.414. The fraction of sp³-hybridized carbons (Fsp3) is 0.462. The van der Waals surface area contributed by atoms with E-state index in [2.05, 4.69) is 34.4 Å². The zero-order chi connectivity index (χ0) is 12.1. The second-order valence-electron chi connectivity index (χ2n) is 4.15. The van der Waals surface area contributed by atoms with E-state index in [9.17, 15) is 0 Å². The van der Waals surface area contributed by atoms with Crippen LogP contribution >= 0.6 is 0 Å². The molecule has 0 saturated carbocycles. The smallest absolute Gasteiger partial charge is 0.193 e. The van der Waals surface area contributed by atoms with Crippen LogP contribution in [0.1, 0.15) is 5.56 Å². The van der Waals surface area contributed by atoms with Gasteiger partial charge in [0.2, 0.25) is 0 Å². The van der Waals surface area contributed by atoms with E-state index in [1.165, 1.54) is 5.56 Å². The molecule has 1 heterocycles. The summed E-state index contributed by atoms with van der Waals surface area (Å²) in [6.07, 6.45) is 0.997. The highest BCUT2D eigenvalue weighted by atomic mass is 16.5. The van der Waals surface area contributed by atoms with Gasteiger partial charge < -0.3 is 15.0 Å². The third-order valence-corrected chi connectivity index (χ3v) is 2.91. The summed E-state index contributed by atoms with van der Waals surface area (Å²) < 4.78 is 5.13. The summed E-state index contributed by atoms with van der Waals surface area (Å²) in [5.41, 5.74) is 1.31. The monoisotopic (exact) mass is 233 g/mol. The molecule has 0 spiro atoms. The van der Waals surface area contributed by atoms with Gasteiger partial charge in [0.05, 0.1) is 13.7 Å². The van der Waals surface area contributed by atoms with Crippen molar-refractivity contribution >= 4 is 5.96 Å². The van der Waals surface area contributed by atoms with Crippen LogP contribution in [0.3, 0.4) is 0 Å². The fourth-order valence-electron chi connectivity index (χ4n) is 1.83. The molecule has 1 aliphatic heterocycles. The number of nitrogens with zero attached hydrogens (tertiary/aromatic N) is 2. The first-order valence-electron chi connectivity index (χ1n) is 5.92. The highest BCUT2D eigenvalue weighted by Crippen LogP contribution is 2.11. The van der Waals surface area contributed by atoms with Crippen molar-refractivity contribution in [1.82, 2.24) is 10.2 Å². The van der Waals surface area contributed by atoms with Crippen molar-refractivity contribution in [3.05, 3.63) is 29.8 Å². The zero-order valence-electron chi connectivity index (χ0n) is 10.4. The Morgan fingerprint density at radius 2 is 2.12 bits per heavy atom. The van der Waals surface area contributed by atoms with Crippen LogP contribution in [0.25, 0.3) is 0 Å². The van der Waals surface area contributed by atoms with Gasteiger partial charge in [-0.15, -0.1) is 0 Å². The summed E-state index contributed by atoms with van der Waals surface area (Å²) in [6, 6.07) is 8.18. The average Bonchev–Trinajstić information content (AvgIpc) is 2.76. The van der Waals surface area contributed by atoms with Gasteiger partial charge in [-0.05, 0) is 24.1 Å². The van der Waals surface area contributed by atoms with Gasteiger partial charge in [-0.2, -0.15) is 0 Å². The average molecular weight is 233 g/mol. The van der Waals surface area contributed by atoms with Gasteiger partial charge in [-0.1, -0.05) is 12.1 Å². The minimum Gasteiger partial charge on any atom is -0.497 e. The van der Waals surface area contributed by atoms with E-state index in [1.807, 2.05) is 12.1 Å². The van der Waals surface area contributed by atoms with Gasteiger partial charge in [0.25, 0.3) is 0 Å². The number of likely N-dealkylation sites (N-methyl/N-ethyl adjacent to an activating group) is 1. The van der Waals surface area contributed by atoms with E-state index in [0.29, 0.717) is 0 Å². The van der Waals surface area contributed by atoms with E-state index < -0.39 is 0 Å². The van der Waals surface area contributed by atoms with Crippen LogP contribution in [-0.4, -0.2) is 44.7 Å². The number of aliphatic imine (C=N–C) groups is 1. The van der Waals surface area contributed by atoms with Crippen molar-refractivity contribution in [3.8, 4) is 5.75 Å². The molecule has 0 saturated heterocycles. The van der Waals surface area contributed by atoms with Crippen molar-refractivity contribution in [2.45, 2.75) is 6.42 Å². The van der Waals surface area contributed by atoms with E-state index in [4.69, 9.17) is 4.74 Å². The molecule has 0 radical (unpaired) electrons. The van der Waals surface area contributed by atoms with Crippen LogP contribution < -0.4 is 10.1 Å². The predicted octanol–water partition coefficient (Wildman–Crippen LogP) is 1.13. The molecule has 0 aliphatic carbocycles. The first kappa shape index (κ1) is 11.8. The summed E-state index contributed by atoms with van der Waals surface area (Å²) in [6.45, 7) is 2.84. The van der Waals surface area contributed by atoms with Gasteiger partial charge in [0.15, 0.2) is 5.96 Å². The first-order valence-corrected chi connectivity index (χ1v) is 5.92. The third kappa shape index (κ3) is 3.12. The molecule has 1 aliphatic rings. The molecule has 0 fully saturated rings. The first-order chi connectivity index (χ1) is 8.29. The molecular weight excluding hydrogens is 214 g/mol. The highest BCUT2D eigenvalue weighted by molar-refractivity contribution is 5.81. The number of ether oxygens (including phenoxy) is 1. The fourth-order valence-corrected chi connectivity index (χ4v) is 1.83. The second-order valence-corrected chi connectivity index (χ2v) is 4.15. The maximum atomic E-state index is 5.13. The molecule has 1 aromatic carbocycles. The topological polar surface area (TPSA) is 36.9 Å². The van der Waals surface area contributed by atoms with Crippen LogP contribution in [0, 0.1) is 0 Å². The Morgan fingerprint density at radius 3 is 2.71 bits per heavy atom. The van der Waals surface area contributed by atoms with Crippen molar-refractivity contribution in [3.63, 3.8) is 0 Å². The molecule has 92 valence electrons. The summed E-state index contributed by atoms with van der Waals surface area (Å²) in [4.78, 5) is 6.53. The number of hydrogen-bond donors (Lipinski definition) is 1. The Morgan fingerprint density at radius 1 is 1.35 bits per heavy atom. The lowest BCUT2D eigenvalue weighted by Crippen LogP contribution is -2.36. The number of benzene rings is 1. The van der Waals surface area contributed by atoms with Crippen LogP contribution in [0.15, 0.2) is 29.3 Å². The zero-order valence-corrected chi connectivity index (χ0v) is 10.4. The molecule has 0 atom stereocenters. The minimum atomic E-state index is 0.904. The number of methoxy groups -OCH3 is 1. The van der Waals surface area contributed by atoms with Gasteiger partial charge in [-0.3, -0.25) is 4.99 Å². The number of guanidine groups is 1. The molecule has 0 unspecified atom stereocenters. The van der Waals surface area contributed by atoms with E-state index in [-0.39, 0.29) is 0 Å². The lowest BCUT2D eigenvalue weighted by Gasteiger charge is -2.15. The molecular formula is C13H19N3O. The highest BCUT2D eigenvalue weighted by Gasteiger charge is 2.10. The minimum absolute atomic E-state index is 0.904. The largest absolute Gasteiger partial charge is 0.497 e. The van der Waals surface area contributed by atoms with Gasteiger partial charge in [-0.25, -0.2) is 0 Å². The molecule has 4 heteroatoms. The van der Waals surface area contributed by atoms with Crippen LogP contribution in [0.5, 0.6) is 5.75 Å². The van der Waals surface area contributed by atoms with Gasteiger partial charge in [0, 0.05) is 20.1 Å².